The van der Waals surface area contributed by atoms with Crippen LogP contribution in [0.2, 0.25) is 0 Å². The molecule has 0 aromatic carbocycles. The fourth-order valence-corrected chi connectivity index (χ4v) is 3.14. The van der Waals surface area contributed by atoms with E-state index in [0.29, 0.717) is 11.0 Å². The highest BCUT2D eigenvalue weighted by molar-refractivity contribution is 7.99. The zero-order chi connectivity index (χ0) is 13.0. The van der Waals surface area contributed by atoms with Gasteiger partial charge in [0.25, 0.3) is 0 Å². The van der Waals surface area contributed by atoms with Gasteiger partial charge in [0.05, 0.1) is 0 Å². The predicted molar refractivity (Wildman–Crippen MR) is 83.3 cm³/mol. The van der Waals surface area contributed by atoms with Gasteiger partial charge < -0.3 is 11.1 Å². The van der Waals surface area contributed by atoms with Crippen molar-refractivity contribution in [3.05, 3.63) is 23.9 Å². The van der Waals surface area contributed by atoms with Crippen molar-refractivity contribution in [3.8, 4) is 0 Å². The molecule has 3 nitrogen and oxygen atoms in total. The van der Waals surface area contributed by atoms with Crippen molar-refractivity contribution in [1.29, 1.82) is 0 Å². The minimum Gasteiger partial charge on any atom is -0.389 e. The summed E-state index contributed by atoms with van der Waals surface area (Å²) in [6.07, 6.45) is 8.98. The average molecular weight is 281 g/mol. The van der Waals surface area contributed by atoms with Crippen LogP contribution in [0.5, 0.6) is 0 Å². The maximum absolute atomic E-state index is 5.55. The van der Waals surface area contributed by atoms with Gasteiger partial charge in [0, 0.05) is 23.1 Å². The number of pyridine rings is 1. The van der Waals surface area contributed by atoms with Gasteiger partial charge in [-0.15, -0.1) is 0 Å². The Bertz CT molecular complexity index is 397. The van der Waals surface area contributed by atoms with Gasteiger partial charge >= 0.3 is 0 Å². The molecule has 1 aliphatic rings. The molecule has 1 saturated carbocycles. The van der Waals surface area contributed by atoms with Crippen LogP contribution in [0.3, 0.4) is 0 Å². The van der Waals surface area contributed by atoms with E-state index in [-0.39, 0.29) is 0 Å². The summed E-state index contributed by atoms with van der Waals surface area (Å²) >= 11 is 6.90. The molecule has 0 unspecified atom stereocenters. The van der Waals surface area contributed by atoms with Crippen molar-refractivity contribution in [3.63, 3.8) is 0 Å². The average Bonchev–Trinajstić information content (AvgIpc) is 2.40. The maximum atomic E-state index is 5.55. The Hall–Kier alpha value is -0.810. The molecule has 18 heavy (non-hydrogen) atoms. The number of nitrogens with zero attached hydrogens (tertiary/aromatic N) is 1. The monoisotopic (exact) mass is 281 g/mol. The summed E-state index contributed by atoms with van der Waals surface area (Å²) in [5.74, 6) is 0.919. The molecule has 0 bridgehead atoms. The van der Waals surface area contributed by atoms with E-state index in [4.69, 9.17) is 18.0 Å². The summed E-state index contributed by atoms with van der Waals surface area (Å²) in [6.45, 7) is 0. The lowest BCUT2D eigenvalue weighted by Gasteiger charge is -2.28. The van der Waals surface area contributed by atoms with Gasteiger partial charge in [0.15, 0.2) is 0 Å². The van der Waals surface area contributed by atoms with Crippen LogP contribution in [-0.2, 0) is 0 Å². The molecule has 0 amide bonds. The third-order valence-corrected chi connectivity index (χ3v) is 4.78. The van der Waals surface area contributed by atoms with Crippen molar-refractivity contribution in [2.24, 2.45) is 5.73 Å². The van der Waals surface area contributed by atoms with Crippen molar-refractivity contribution >= 4 is 34.8 Å². The van der Waals surface area contributed by atoms with Crippen LogP contribution < -0.4 is 11.1 Å². The Labute approximate surface area is 118 Å². The molecule has 98 valence electrons. The topological polar surface area (TPSA) is 50.9 Å². The van der Waals surface area contributed by atoms with Gasteiger partial charge in [0.2, 0.25) is 0 Å². The van der Waals surface area contributed by atoms with Gasteiger partial charge in [-0.3, -0.25) is 0 Å². The van der Waals surface area contributed by atoms with E-state index < -0.39 is 0 Å². The van der Waals surface area contributed by atoms with Crippen molar-refractivity contribution in [2.45, 2.75) is 37.0 Å². The summed E-state index contributed by atoms with van der Waals surface area (Å²) in [7, 11) is 0. The van der Waals surface area contributed by atoms with Gasteiger partial charge in [-0.2, -0.15) is 11.8 Å². The Morgan fingerprint density at radius 2 is 2.11 bits per heavy atom. The molecule has 1 aromatic rings. The van der Waals surface area contributed by atoms with Gasteiger partial charge in [-0.1, -0.05) is 12.2 Å². The molecule has 0 radical (unpaired) electrons. The molecule has 1 fully saturated rings. The highest BCUT2D eigenvalue weighted by Crippen LogP contribution is 2.28. The van der Waals surface area contributed by atoms with Gasteiger partial charge in [-0.25, -0.2) is 4.98 Å². The molecule has 0 atom stereocenters. The molecule has 5 heteroatoms. The molecule has 0 aliphatic heterocycles. The second-order valence-electron chi connectivity index (χ2n) is 4.65. The fraction of sp³-hybridized carbons (Fsp3) is 0.538. The highest BCUT2D eigenvalue weighted by atomic mass is 32.2. The van der Waals surface area contributed by atoms with E-state index in [1.807, 2.05) is 23.9 Å². The highest BCUT2D eigenvalue weighted by Gasteiger charge is 2.20. The summed E-state index contributed by atoms with van der Waals surface area (Å²) < 4.78 is 0. The molecule has 1 aromatic heterocycles. The standard InChI is InChI=1S/C13H19N3S2/c1-18-11-5-3-10(4-6-11)16-12-7-2-9(8-15-12)13(14)17/h2,7-8,10-11H,3-6H2,1H3,(H2,14,17)(H,15,16). The maximum Gasteiger partial charge on any atom is 0.126 e. The predicted octanol–water partition coefficient (Wildman–Crippen LogP) is 2.80. The Kier molecular flexibility index (Phi) is 4.83. The quantitative estimate of drug-likeness (QED) is 0.831. The first kappa shape index (κ1) is 13.6. The second kappa shape index (κ2) is 6.38. The molecule has 1 aliphatic carbocycles. The zero-order valence-corrected chi connectivity index (χ0v) is 12.2. The Morgan fingerprint density at radius 3 is 2.61 bits per heavy atom. The third-order valence-electron chi connectivity index (χ3n) is 3.41. The van der Waals surface area contributed by atoms with Gasteiger partial charge in [0.1, 0.15) is 10.8 Å². The largest absolute Gasteiger partial charge is 0.389 e. The van der Waals surface area contributed by atoms with Crippen LogP contribution in [0.15, 0.2) is 18.3 Å². The summed E-state index contributed by atoms with van der Waals surface area (Å²) in [5, 5.41) is 4.33. The van der Waals surface area contributed by atoms with Crippen LogP contribution in [0, 0.1) is 0 Å². The van der Waals surface area contributed by atoms with Crippen LogP contribution in [-0.4, -0.2) is 27.5 Å². The lowest BCUT2D eigenvalue weighted by molar-refractivity contribution is 0.472. The van der Waals surface area contributed by atoms with Crippen LogP contribution in [0.4, 0.5) is 5.82 Å². The van der Waals surface area contributed by atoms with E-state index >= 15 is 0 Å². The van der Waals surface area contributed by atoms with Crippen LogP contribution >= 0.6 is 24.0 Å². The lowest BCUT2D eigenvalue weighted by Crippen LogP contribution is -2.27. The van der Waals surface area contributed by atoms with Crippen molar-refractivity contribution in [2.75, 3.05) is 11.6 Å². The SMILES string of the molecule is CSC1CCC(Nc2ccc(C(N)=S)cn2)CC1. The van der Waals surface area contributed by atoms with E-state index in [0.717, 1.165) is 16.6 Å². The van der Waals surface area contributed by atoms with Gasteiger partial charge in [-0.05, 0) is 44.1 Å². The normalized spacial score (nSPS) is 23.6. The van der Waals surface area contributed by atoms with Crippen LogP contribution in [0.25, 0.3) is 0 Å². The minimum absolute atomic E-state index is 0.398. The number of hydrogen-bond donors (Lipinski definition) is 2. The second-order valence-corrected chi connectivity index (χ2v) is 6.23. The van der Waals surface area contributed by atoms with E-state index in [9.17, 15) is 0 Å². The molecule has 0 spiro atoms. The fourth-order valence-electron chi connectivity index (χ4n) is 2.28. The first-order valence-corrected chi connectivity index (χ1v) is 7.94. The van der Waals surface area contributed by atoms with Crippen LogP contribution in [0.1, 0.15) is 31.2 Å². The Morgan fingerprint density at radius 1 is 1.39 bits per heavy atom. The first-order chi connectivity index (χ1) is 8.69. The van der Waals surface area contributed by atoms with Crippen molar-refractivity contribution in [1.82, 2.24) is 4.98 Å². The number of anilines is 1. The van der Waals surface area contributed by atoms with E-state index in [2.05, 4.69) is 16.6 Å². The lowest BCUT2D eigenvalue weighted by atomic mass is 9.95. The third kappa shape index (κ3) is 3.59. The number of aromatic nitrogens is 1. The summed E-state index contributed by atoms with van der Waals surface area (Å²) in [4.78, 5) is 4.75. The molecule has 3 N–H and O–H groups in total. The first-order valence-electron chi connectivity index (χ1n) is 6.24. The smallest absolute Gasteiger partial charge is 0.126 e. The number of nitrogens with one attached hydrogen (secondary N) is 1. The number of rotatable bonds is 4. The van der Waals surface area contributed by atoms with E-state index in [1.54, 1.807) is 6.20 Å². The Balaban J connectivity index is 1.88. The molecule has 0 saturated heterocycles. The number of thiocarbonyl (C=S) groups is 1. The molecular formula is C13H19N3S2. The summed E-state index contributed by atoms with van der Waals surface area (Å²) in [5.41, 5.74) is 6.37. The molecular weight excluding hydrogens is 262 g/mol. The summed E-state index contributed by atoms with van der Waals surface area (Å²) in [6, 6.07) is 4.43. The van der Waals surface area contributed by atoms with E-state index in [1.165, 1.54) is 25.7 Å². The zero-order valence-electron chi connectivity index (χ0n) is 10.6. The molecule has 2 rings (SSSR count). The molecule has 1 heterocycles. The number of hydrogen-bond acceptors (Lipinski definition) is 4. The number of nitrogens with two attached hydrogens (primary N) is 1. The number of thioether (sulfide) groups is 1. The minimum atomic E-state index is 0.398. The van der Waals surface area contributed by atoms with Crippen molar-refractivity contribution < 1.29 is 0 Å².